The third kappa shape index (κ3) is 3.94. The molecule has 1 heterocycles. The van der Waals surface area contributed by atoms with Gasteiger partial charge in [-0.15, -0.1) is 0 Å². The molecule has 0 aliphatic heterocycles. The van der Waals surface area contributed by atoms with E-state index in [9.17, 15) is 9.59 Å². The third-order valence-electron chi connectivity index (χ3n) is 3.52. The zero-order chi connectivity index (χ0) is 16.1. The summed E-state index contributed by atoms with van der Waals surface area (Å²) in [5.74, 6) is -1.28. The number of aryl methyl sites for hydroxylation is 2. The summed E-state index contributed by atoms with van der Waals surface area (Å²) in [6.07, 6.45) is 2.17. The Morgan fingerprint density at radius 3 is 2.77 bits per heavy atom. The second kappa shape index (κ2) is 6.89. The van der Waals surface area contributed by atoms with Gasteiger partial charge in [0.05, 0.1) is 11.6 Å². The van der Waals surface area contributed by atoms with Crippen molar-refractivity contribution in [2.24, 2.45) is 7.05 Å². The molecule has 2 N–H and O–H groups in total. The molecule has 0 radical (unpaired) electrons. The first-order chi connectivity index (χ1) is 10.5. The average Bonchev–Trinajstić information content (AvgIpc) is 2.91. The van der Waals surface area contributed by atoms with Gasteiger partial charge in [-0.2, -0.15) is 5.10 Å². The molecule has 6 nitrogen and oxygen atoms in total. The van der Waals surface area contributed by atoms with Crippen molar-refractivity contribution in [3.05, 3.63) is 47.8 Å². The molecule has 1 unspecified atom stereocenters. The van der Waals surface area contributed by atoms with Crippen LogP contribution in [0.3, 0.4) is 0 Å². The molecular formula is C16H19N3O3. The fourth-order valence-corrected chi connectivity index (χ4v) is 2.25. The Bertz CT molecular complexity index is 679. The van der Waals surface area contributed by atoms with Gasteiger partial charge in [0.1, 0.15) is 0 Å². The lowest BCUT2D eigenvalue weighted by Gasteiger charge is -2.13. The number of nitrogens with one attached hydrogen (secondary N) is 1. The van der Waals surface area contributed by atoms with Crippen LogP contribution in [-0.2, 0) is 23.1 Å². The molecule has 0 bridgehead atoms. The number of hydrogen-bond donors (Lipinski definition) is 2. The number of aliphatic carboxylic acids is 1. The fourth-order valence-electron chi connectivity index (χ4n) is 2.25. The number of benzene rings is 1. The SMILES string of the molecule is CC(C(=O)Nc1cccc(CCC(=O)O)c1)c1ccnn1C. The van der Waals surface area contributed by atoms with Crippen LogP contribution in [0.5, 0.6) is 0 Å². The van der Waals surface area contributed by atoms with Gasteiger partial charge >= 0.3 is 5.97 Å². The van der Waals surface area contributed by atoms with E-state index in [1.54, 1.807) is 30.1 Å². The second-order valence-corrected chi connectivity index (χ2v) is 5.18. The van der Waals surface area contributed by atoms with Crippen molar-refractivity contribution in [2.45, 2.75) is 25.7 Å². The van der Waals surface area contributed by atoms with E-state index in [1.165, 1.54) is 0 Å². The van der Waals surface area contributed by atoms with Gasteiger partial charge in [0.25, 0.3) is 0 Å². The van der Waals surface area contributed by atoms with Crippen molar-refractivity contribution in [3.63, 3.8) is 0 Å². The number of hydrogen-bond acceptors (Lipinski definition) is 3. The van der Waals surface area contributed by atoms with Crippen LogP contribution < -0.4 is 5.32 Å². The largest absolute Gasteiger partial charge is 0.481 e. The summed E-state index contributed by atoms with van der Waals surface area (Å²) in [7, 11) is 1.80. The van der Waals surface area contributed by atoms with Gasteiger partial charge in [-0.3, -0.25) is 14.3 Å². The maximum atomic E-state index is 12.3. The number of carbonyl (C=O) groups is 2. The molecule has 1 amide bonds. The molecule has 0 aliphatic rings. The minimum absolute atomic E-state index is 0.0722. The topological polar surface area (TPSA) is 84.2 Å². The van der Waals surface area contributed by atoms with Gasteiger partial charge in [0.2, 0.25) is 5.91 Å². The highest BCUT2D eigenvalue weighted by atomic mass is 16.4. The predicted molar refractivity (Wildman–Crippen MR) is 82.7 cm³/mol. The predicted octanol–water partition coefficient (Wildman–Crippen LogP) is 2.18. The van der Waals surface area contributed by atoms with Crippen LogP contribution in [-0.4, -0.2) is 26.8 Å². The Balaban J connectivity index is 2.04. The summed E-state index contributed by atoms with van der Waals surface area (Å²) in [6.45, 7) is 1.82. The molecule has 2 aromatic rings. The van der Waals surface area contributed by atoms with Gasteiger partial charge in [0, 0.05) is 25.4 Å². The molecule has 0 saturated carbocycles. The van der Waals surface area contributed by atoms with Crippen LogP contribution in [0.2, 0.25) is 0 Å². The van der Waals surface area contributed by atoms with Gasteiger partial charge in [-0.05, 0) is 37.1 Å². The minimum Gasteiger partial charge on any atom is -0.481 e. The zero-order valence-corrected chi connectivity index (χ0v) is 12.6. The maximum absolute atomic E-state index is 12.3. The van der Waals surface area contributed by atoms with Crippen LogP contribution >= 0.6 is 0 Å². The number of aromatic nitrogens is 2. The standard InChI is InChI=1S/C16H19N3O3/c1-11(14-8-9-17-19(14)2)16(22)18-13-5-3-4-12(10-13)6-7-15(20)21/h3-5,8-11H,6-7H2,1-2H3,(H,18,22)(H,20,21). The number of carboxylic acids is 1. The summed E-state index contributed by atoms with van der Waals surface area (Å²) < 4.78 is 1.67. The van der Waals surface area contributed by atoms with Crippen LogP contribution in [0.15, 0.2) is 36.5 Å². The highest BCUT2D eigenvalue weighted by molar-refractivity contribution is 5.95. The highest BCUT2D eigenvalue weighted by Gasteiger charge is 2.18. The van der Waals surface area contributed by atoms with E-state index >= 15 is 0 Å². The number of amides is 1. The van der Waals surface area contributed by atoms with E-state index in [1.807, 2.05) is 25.1 Å². The second-order valence-electron chi connectivity index (χ2n) is 5.18. The number of anilines is 1. The molecule has 0 spiro atoms. The Morgan fingerprint density at radius 1 is 1.36 bits per heavy atom. The molecule has 0 aliphatic carbocycles. The zero-order valence-electron chi connectivity index (χ0n) is 12.6. The first kappa shape index (κ1) is 15.8. The van der Waals surface area contributed by atoms with Gasteiger partial charge < -0.3 is 10.4 Å². The lowest BCUT2D eigenvalue weighted by molar-refractivity contribution is -0.137. The quantitative estimate of drug-likeness (QED) is 0.856. The van der Waals surface area contributed by atoms with Gasteiger partial charge in [-0.1, -0.05) is 12.1 Å². The van der Waals surface area contributed by atoms with Gasteiger partial charge in [0.15, 0.2) is 0 Å². The van der Waals surface area contributed by atoms with Gasteiger partial charge in [-0.25, -0.2) is 0 Å². The van der Waals surface area contributed by atoms with E-state index in [-0.39, 0.29) is 18.2 Å². The number of nitrogens with zero attached hydrogens (tertiary/aromatic N) is 2. The Hall–Kier alpha value is -2.63. The molecule has 1 aromatic heterocycles. The van der Waals surface area contributed by atoms with Crippen LogP contribution in [0.25, 0.3) is 0 Å². The molecule has 6 heteroatoms. The first-order valence-electron chi connectivity index (χ1n) is 7.07. The van der Waals surface area contributed by atoms with Crippen molar-refractivity contribution in [3.8, 4) is 0 Å². The Morgan fingerprint density at radius 2 is 2.14 bits per heavy atom. The van der Waals surface area contributed by atoms with Crippen LogP contribution in [0.4, 0.5) is 5.69 Å². The Labute approximate surface area is 128 Å². The van der Waals surface area contributed by atoms with Crippen LogP contribution in [0, 0.1) is 0 Å². The molecular weight excluding hydrogens is 282 g/mol. The van der Waals surface area contributed by atoms with Crippen molar-refractivity contribution in [1.29, 1.82) is 0 Å². The highest BCUT2D eigenvalue weighted by Crippen LogP contribution is 2.18. The van der Waals surface area contributed by atoms with Crippen molar-refractivity contribution in [1.82, 2.24) is 9.78 Å². The monoisotopic (exact) mass is 301 g/mol. The van der Waals surface area contributed by atoms with Crippen molar-refractivity contribution >= 4 is 17.6 Å². The number of carbonyl (C=O) groups excluding carboxylic acids is 1. The summed E-state index contributed by atoms with van der Waals surface area (Å²) in [5, 5.41) is 15.6. The lowest BCUT2D eigenvalue weighted by Crippen LogP contribution is -2.21. The fraction of sp³-hybridized carbons (Fsp3) is 0.312. The molecule has 22 heavy (non-hydrogen) atoms. The number of rotatable bonds is 6. The van der Waals surface area contributed by atoms with Crippen LogP contribution in [0.1, 0.15) is 30.5 Å². The minimum atomic E-state index is -0.834. The summed E-state index contributed by atoms with van der Waals surface area (Å²) in [5.41, 5.74) is 2.38. The lowest BCUT2D eigenvalue weighted by atomic mass is 10.1. The van der Waals surface area contributed by atoms with E-state index in [0.29, 0.717) is 12.1 Å². The summed E-state index contributed by atoms with van der Waals surface area (Å²) in [4.78, 5) is 22.9. The third-order valence-corrected chi connectivity index (χ3v) is 3.52. The number of carboxylic acid groups (broad SMARTS) is 1. The first-order valence-corrected chi connectivity index (χ1v) is 7.07. The Kier molecular flexibility index (Phi) is 4.93. The smallest absolute Gasteiger partial charge is 0.303 e. The molecule has 2 rings (SSSR count). The molecule has 0 fully saturated rings. The summed E-state index contributed by atoms with van der Waals surface area (Å²) >= 11 is 0. The molecule has 116 valence electrons. The average molecular weight is 301 g/mol. The summed E-state index contributed by atoms with van der Waals surface area (Å²) in [6, 6.07) is 9.06. The molecule has 0 saturated heterocycles. The maximum Gasteiger partial charge on any atom is 0.303 e. The van der Waals surface area contributed by atoms with E-state index in [0.717, 1.165) is 11.3 Å². The van der Waals surface area contributed by atoms with Crippen molar-refractivity contribution in [2.75, 3.05) is 5.32 Å². The normalized spacial score (nSPS) is 11.9. The van der Waals surface area contributed by atoms with E-state index < -0.39 is 5.97 Å². The van der Waals surface area contributed by atoms with Crippen molar-refractivity contribution < 1.29 is 14.7 Å². The van der Waals surface area contributed by atoms with E-state index in [4.69, 9.17) is 5.11 Å². The molecule has 1 aromatic carbocycles. The molecule has 1 atom stereocenters. The van der Waals surface area contributed by atoms with E-state index in [2.05, 4.69) is 10.4 Å².